The van der Waals surface area contributed by atoms with Gasteiger partial charge >= 0.3 is 0 Å². The zero-order valence-electron chi connectivity index (χ0n) is 15.4. The summed E-state index contributed by atoms with van der Waals surface area (Å²) in [5.74, 6) is -2.04. The Morgan fingerprint density at radius 1 is 0.933 bits per heavy atom. The van der Waals surface area contributed by atoms with Crippen LogP contribution in [-0.4, -0.2) is 19.4 Å². The van der Waals surface area contributed by atoms with E-state index in [2.05, 4.69) is 20.0 Å². The van der Waals surface area contributed by atoms with Crippen molar-refractivity contribution in [2.24, 2.45) is 4.99 Å². The Morgan fingerprint density at radius 2 is 1.70 bits per heavy atom. The van der Waals surface area contributed by atoms with Crippen LogP contribution in [0, 0.1) is 17.5 Å². The van der Waals surface area contributed by atoms with E-state index in [0.29, 0.717) is 0 Å². The van der Waals surface area contributed by atoms with Gasteiger partial charge in [0.25, 0.3) is 10.0 Å². The molecule has 10 heteroatoms. The normalized spacial score (nSPS) is 15.9. The highest BCUT2D eigenvalue weighted by Crippen LogP contribution is 2.32. The van der Waals surface area contributed by atoms with Crippen LogP contribution < -0.4 is 10.0 Å². The second-order valence-electron chi connectivity index (χ2n) is 6.49. The Balaban J connectivity index is 1.74. The second kappa shape index (κ2) is 7.79. The topological polar surface area (TPSA) is 83.5 Å². The fourth-order valence-electron chi connectivity index (χ4n) is 3.05. The van der Waals surface area contributed by atoms with Crippen LogP contribution in [0.5, 0.6) is 0 Å². The van der Waals surface area contributed by atoms with Crippen molar-refractivity contribution in [3.05, 3.63) is 89.0 Å². The maximum Gasteiger partial charge on any atom is 0.266 e. The largest absolute Gasteiger partial charge is 0.324 e. The highest BCUT2D eigenvalue weighted by Gasteiger charge is 2.30. The first kappa shape index (κ1) is 19.9. The monoisotopic (exact) mass is 432 g/mol. The van der Waals surface area contributed by atoms with Gasteiger partial charge in [0.15, 0.2) is 0 Å². The van der Waals surface area contributed by atoms with Crippen LogP contribution in [-0.2, 0) is 23.0 Å². The molecule has 0 bridgehead atoms. The summed E-state index contributed by atoms with van der Waals surface area (Å²) in [5.41, 5.74) is 0.149. The standard InChI is InChI=1S/C20H15F3N4O2S/c21-14-5-2-1-4-12(14)10-13-15(22)7-8-18-19(13)26-20(27-30(18,28)29)25-11-17-16(23)6-3-9-24-17/h1-9H,10-11H2,(H2,25,26,27). The van der Waals surface area contributed by atoms with Crippen molar-refractivity contribution in [3.8, 4) is 0 Å². The molecular weight excluding hydrogens is 417 g/mol. The predicted octanol–water partition coefficient (Wildman–Crippen LogP) is 3.35. The summed E-state index contributed by atoms with van der Waals surface area (Å²) in [4.78, 5) is 7.68. The van der Waals surface area contributed by atoms with E-state index in [0.717, 1.165) is 12.1 Å². The van der Waals surface area contributed by atoms with E-state index >= 15 is 0 Å². The van der Waals surface area contributed by atoms with E-state index in [-0.39, 0.29) is 46.3 Å². The number of aliphatic imine (C=N–C) groups is 1. The van der Waals surface area contributed by atoms with E-state index in [4.69, 9.17) is 0 Å². The Kier molecular flexibility index (Phi) is 5.17. The molecule has 2 N–H and O–H groups in total. The van der Waals surface area contributed by atoms with Crippen molar-refractivity contribution in [2.75, 3.05) is 5.32 Å². The summed E-state index contributed by atoms with van der Waals surface area (Å²) in [6, 6.07) is 10.6. The molecule has 0 atom stereocenters. The van der Waals surface area contributed by atoms with Gasteiger partial charge in [-0.15, -0.1) is 0 Å². The van der Waals surface area contributed by atoms with Crippen molar-refractivity contribution in [1.29, 1.82) is 0 Å². The third-order valence-electron chi connectivity index (χ3n) is 4.53. The molecule has 30 heavy (non-hydrogen) atoms. The molecule has 1 aromatic heterocycles. The quantitative estimate of drug-likeness (QED) is 0.662. The lowest BCUT2D eigenvalue weighted by atomic mass is 10.0. The summed E-state index contributed by atoms with van der Waals surface area (Å²) >= 11 is 0. The number of nitrogens with zero attached hydrogens (tertiary/aromatic N) is 2. The molecule has 0 saturated carbocycles. The van der Waals surface area contributed by atoms with Gasteiger partial charge in [-0.3, -0.25) is 4.98 Å². The zero-order chi connectivity index (χ0) is 21.3. The van der Waals surface area contributed by atoms with E-state index in [9.17, 15) is 21.6 Å². The van der Waals surface area contributed by atoms with E-state index in [1.54, 1.807) is 6.07 Å². The minimum Gasteiger partial charge on any atom is -0.324 e. The number of nitrogens with one attached hydrogen (secondary N) is 2. The molecule has 1 aliphatic heterocycles. The number of rotatable bonds is 4. The van der Waals surface area contributed by atoms with Gasteiger partial charge in [0.2, 0.25) is 5.96 Å². The molecule has 0 fully saturated rings. The second-order valence-corrected chi connectivity index (χ2v) is 8.15. The van der Waals surface area contributed by atoms with Gasteiger partial charge in [-0.1, -0.05) is 18.2 Å². The third-order valence-corrected chi connectivity index (χ3v) is 5.91. The van der Waals surface area contributed by atoms with Crippen LogP contribution in [0.4, 0.5) is 18.9 Å². The molecule has 0 unspecified atom stereocenters. The molecule has 2 heterocycles. The van der Waals surface area contributed by atoms with Crippen LogP contribution in [0.2, 0.25) is 0 Å². The highest BCUT2D eigenvalue weighted by molar-refractivity contribution is 7.90. The van der Waals surface area contributed by atoms with Crippen LogP contribution >= 0.6 is 0 Å². The van der Waals surface area contributed by atoms with Crippen LogP contribution in [0.1, 0.15) is 16.8 Å². The van der Waals surface area contributed by atoms with Crippen LogP contribution in [0.15, 0.2) is 64.6 Å². The fourth-order valence-corrected chi connectivity index (χ4v) is 4.22. The van der Waals surface area contributed by atoms with Crippen LogP contribution in [0.3, 0.4) is 0 Å². The summed E-state index contributed by atoms with van der Waals surface area (Å²) in [6.45, 7) is -0.245. The molecular formula is C20H15F3N4O2S. The number of guanidine groups is 1. The average Bonchev–Trinajstić information content (AvgIpc) is 2.70. The first-order valence-corrected chi connectivity index (χ1v) is 10.3. The maximum atomic E-state index is 14.6. The zero-order valence-corrected chi connectivity index (χ0v) is 16.2. The number of pyridine rings is 1. The molecule has 6 nitrogen and oxygen atoms in total. The smallest absolute Gasteiger partial charge is 0.266 e. The Bertz CT molecular complexity index is 1260. The van der Waals surface area contributed by atoms with Crippen molar-refractivity contribution < 1.29 is 21.6 Å². The molecule has 4 rings (SSSR count). The number of fused-ring (bicyclic) bond motifs is 1. The van der Waals surface area contributed by atoms with Crippen molar-refractivity contribution in [3.63, 3.8) is 0 Å². The number of aromatic nitrogens is 1. The van der Waals surface area contributed by atoms with Crippen molar-refractivity contribution in [2.45, 2.75) is 17.9 Å². The first-order chi connectivity index (χ1) is 14.3. The number of benzene rings is 2. The summed E-state index contributed by atoms with van der Waals surface area (Å²) in [7, 11) is -4.07. The number of anilines is 1. The third kappa shape index (κ3) is 3.86. The van der Waals surface area contributed by atoms with E-state index in [1.165, 1.54) is 36.5 Å². The number of sulfonamides is 1. The van der Waals surface area contributed by atoms with Gasteiger partial charge < -0.3 is 5.32 Å². The van der Waals surface area contributed by atoms with Gasteiger partial charge in [-0.05, 0) is 35.9 Å². The van der Waals surface area contributed by atoms with Gasteiger partial charge in [0, 0.05) is 18.2 Å². The molecule has 154 valence electrons. The number of hydrogen-bond donors (Lipinski definition) is 2. The number of halogens is 3. The van der Waals surface area contributed by atoms with Gasteiger partial charge in [0.05, 0.1) is 17.9 Å². The Morgan fingerprint density at radius 3 is 2.47 bits per heavy atom. The summed E-state index contributed by atoms with van der Waals surface area (Å²) in [6.07, 6.45) is 1.21. The van der Waals surface area contributed by atoms with E-state index < -0.39 is 27.5 Å². The highest BCUT2D eigenvalue weighted by atomic mass is 32.2. The lowest BCUT2D eigenvalue weighted by Crippen LogP contribution is -2.41. The molecule has 0 spiro atoms. The Labute approximate surface area is 170 Å². The molecule has 1 aliphatic rings. The maximum absolute atomic E-state index is 14.6. The number of hydrogen-bond acceptors (Lipinski definition) is 4. The Hall–Kier alpha value is -3.40. The molecule has 0 saturated heterocycles. The first-order valence-electron chi connectivity index (χ1n) is 8.83. The summed E-state index contributed by atoms with van der Waals surface area (Å²) < 4.78 is 69.9. The van der Waals surface area contributed by atoms with Gasteiger partial charge in [-0.25, -0.2) is 31.3 Å². The van der Waals surface area contributed by atoms with Crippen molar-refractivity contribution in [1.82, 2.24) is 9.71 Å². The van der Waals surface area contributed by atoms with Gasteiger partial charge in [0.1, 0.15) is 22.3 Å². The van der Waals surface area contributed by atoms with Crippen LogP contribution in [0.25, 0.3) is 0 Å². The summed E-state index contributed by atoms with van der Waals surface area (Å²) in [5, 5.41) is 2.74. The minimum absolute atomic E-state index is 0.0163. The lowest BCUT2D eigenvalue weighted by Gasteiger charge is -2.24. The molecule has 0 amide bonds. The van der Waals surface area contributed by atoms with Crippen molar-refractivity contribution >= 4 is 21.7 Å². The molecule has 3 aromatic rings. The molecule has 0 radical (unpaired) electrons. The molecule has 2 aromatic carbocycles. The van der Waals surface area contributed by atoms with E-state index in [1.807, 2.05) is 0 Å². The van der Waals surface area contributed by atoms with Gasteiger partial charge in [-0.2, -0.15) is 0 Å². The average molecular weight is 432 g/mol. The minimum atomic E-state index is -4.07. The lowest BCUT2D eigenvalue weighted by molar-refractivity contribution is 0.587. The fraction of sp³-hybridized carbons (Fsp3) is 0.100. The SMILES string of the molecule is O=S1(=O)NC(=NCc2ncccc2F)Nc2c1ccc(F)c2Cc1ccccc1F. The molecule has 0 aliphatic carbocycles. The predicted molar refractivity (Wildman–Crippen MR) is 105 cm³/mol.